The zero-order chi connectivity index (χ0) is 15.0. The summed E-state index contributed by atoms with van der Waals surface area (Å²) in [6, 6.07) is 8.25. The third kappa shape index (κ3) is 4.89. The lowest BCUT2D eigenvalue weighted by Gasteiger charge is -2.28. The summed E-state index contributed by atoms with van der Waals surface area (Å²) >= 11 is 5.61. The monoisotopic (exact) mass is 446 g/mol. The first kappa shape index (κ1) is 17.7. The summed E-state index contributed by atoms with van der Waals surface area (Å²) in [5, 5.41) is 0.402. The third-order valence-electron chi connectivity index (χ3n) is 3.70. The van der Waals surface area contributed by atoms with Crippen LogP contribution in [0.5, 0.6) is 0 Å². The number of rotatable bonds is 8. The summed E-state index contributed by atoms with van der Waals surface area (Å²) in [4.78, 5) is 12.4. The molecule has 20 heavy (non-hydrogen) atoms. The van der Waals surface area contributed by atoms with E-state index in [1.165, 1.54) is 3.57 Å². The van der Waals surface area contributed by atoms with Crippen molar-refractivity contribution >= 4 is 44.3 Å². The van der Waals surface area contributed by atoms with E-state index in [-0.39, 0.29) is 5.78 Å². The Balaban J connectivity index is 2.82. The fourth-order valence-corrected chi connectivity index (χ4v) is 3.47. The van der Waals surface area contributed by atoms with Crippen molar-refractivity contribution in [3.63, 3.8) is 0 Å². The van der Waals surface area contributed by atoms with Gasteiger partial charge in [-0.15, -0.1) is 12.3 Å². The van der Waals surface area contributed by atoms with Crippen LogP contribution in [0.25, 0.3) is 0 Å². The highest BCUT2D eigenvalue weighted by Crippen LogP contribution is 2.32. The largest absolute Gasteiger partial charge is 0.298 e. The van der Waals surface area contributed by atoms with Gasteiger partial charge in [0.15, 0.2) is 5.78 Å². The van der Waals surface area contributed by atoms with Crippen LogP contribution in [0.3, 0.4) is 0 Å². The predicted molar refractivity (Wildman–Crippen MR) is 97.2 cm³/mol. The van der Waals surface area contributed by atoms with E-state index >= 15 is 0 Å². The maximum absolute atomic E-state index is 12.4. The van der Waals surface area contributed by atoms with Gasteiger partial charge < -0.3 is 0 Å². The first-order valence-corrected chi connectivity index (χ1v) is 9.03. The number of halogens is 2. The Kier molecular flexibility index (Phi) is 7.83. The van der Waals surface area contributed by atoms with E-state index in [0.29, 0.717) is 5.33 Å². The lowest BCUT2D eigenvalue weighted by atomic mass is 9.75. The van der Waals surface area contributed by atoms with E-state index in [4.69, 9.17) is 6.42 Å². The van der Waals surface area contributed by atoms with Crippen molar-refractivity contribution in [2.75, 3.05) is 5.33 Å². The second-order valence-corrected chi connectivity index (χ2v) is 6.97. The average Bonchev–Trinajstić information content (AvgIpc) is 2.46. The number of terminal acetylenes is 1. The molecule has 0 bridgehead atoms. The number of benzene rings is 1. The molecule has 0 fully saturated rings. The third-order valence-corrected chi connectivity index (χ3v) is 4.88. The molecule has 0 amide bonds. The molecule has 0 aliphatic rings. The highest BCUT2D eigenvalue weighted by atomic mass is 127. The highest BCUT2D eigenvalue weighted by Gasteiger charge is 2.33. The molecular weight excluding hydrogens is 427 g/mol. The Labute approximate surface area is 144 Å². The van der Waals surface area contributed by atoms with Crippen molar-refractivity contribution in [3.05, 3.63) is 33.4 Å². The van der Waals surface area contributed by atoms with E-state index < -0.39 is 5.41 Å². The lowest BCUT2D eigenvalue weighted by Crippen LogP contribution is -2.33. The van der Waals surface area contributed by atoms with Crippen LogP contribution in [0.4, 0.5) is 0 Å². The predicted octanol–water partition coefficient (Wildman–Crippen LogP) is 5.10. The minimum absolute atomic E-state index is 0.247. The molecule has 1 rings (SSSR count). The smallest absolute Gasteiger partial charge is 0.153 e. The number of unbranched alkanes of at least 4 members (excludes halogenated alkanes) is 3. The molecule has 3 heteroatoms. The molecule has 0 aromatic heterocycles. The Hall–Kier alpha value is -0.340. The Morgan fingerprint density at radius 2 is 2.15 bits per heavy atom. The van der Waals surface area contributed by atoms with Gasteiger partial charge in [-0.05, 0) is 60.1 Å². The molecule has 1 aromatic carbocycles. The molecule has 0 spiro atoms. The van der Waals surface area contributed by atoms with Crippen LogP contribution >= 0.6 is 38.5 Å². The van der Waals surface area contributed by atoms with Crippen molar-refractivity contribution < 1.29 is 4.79 Å². The molecule has 108 valence electrons. The van der Waals surface area contributed by atoms with Crippen molar-refractivity contribution in [2.24, 2.45) is 0 Å². The van der Waals surface area contributed by atoms with Crippen molar-refractivity contribution in [2.45, 2.75) is 44.4 Å². The number of hydrogen-bond acceptors (Lipinski definition) is 1. The second-order valence-electron chi connectivity index (χ2n) is 5.16. The Morgan fingerprint density at radius 3 is 2.75 bits per heavy atom. The summed E-state index contributed by atoms with van der Waals surface area (Å²) < 4.78 is 1.17. The van der Waals surface area contributed by atoms with E-state index in [0.717, 1.165) is 37.7 Å². The fourth-order valence-electron chi connectivity index (χ4n) is 2.31. The average molecular weight is 447 g/mol. The second kappa shape index (κ2) is 8.84. The SMILES string of the molecule is C#CCCCCCC(C)(C(=O)CBr)c1cccc(I)c1. The molecule has 0 N–H and O–H groups in total. The first-order valence-electron chi connectivity index (χ1n) is 6.83. The van der Waals surface area contributed by atoms with Crippen molar-refractivity contribution in [1.29, 1.82) is 0 Å². The minimum Gasteiger partial charge on any atom is -0.298 e. The van der Waals surface area contributed by atoms with Crippen LogP contribution in [0, 0.1) is 15.9 Å². The van der Waals surface area contributed by atoms with Crippen molar-refractivity contribution in [1.82, 2.24) is 0 Å². The fraction of sp³-hybridized carbons (Fsp3) is 0.471. The molecule has 1 atom stereocenters. The van der Waals surface area contributed by atoms with E-state index in [9.17, 15) is 4.79 Å². The topological polar surface area (TPSA) is 17.1 Å². The number of ketones is 1. The van der Waals surface area contributed by atoms with Gasteiger partial charge in [0.25, 0.3) is 0 Å². The van der Waals surface area contributed by atoms with Gasteiger partial charge in [-0.1, -0.05) is 40.9 Å². The van der Waals surface area contributed by atoms with Gasteiger partial charge in [0.2, 0.25) is 0 Å². The summed E-state index contributed by atoms with van der Waals surface area (Å²) in [5.41, 5.74) is 0.715. The summed E-state index contributed by atoms with van der Waals surface area (Å²) in [6.45, 7) is 2.06. The van der Waals surface area contributed by atoms with E-state index in [1.54, 1.807) is 0 Å². The molecule has 0 saturated carbocycles. The van der Waals surface area contributed by atoms with Crippen molar-refractivity contribution in [3.8, 4) is 12.3 Å². The van der Waals surface area contributed by atoms with Crippen LogP contribution in [0.1, 0.15) is 44.6 Å². The molecular formula is C17H20BrIO. The highest BCUT2D eigenvalue weighted by molar-refractivity contribution is 14.1. The van der Waals surface area contributed by atoms with Crippen LogP contribution in [0.15, 0.2) is 24.3 Å². The molecule has 1 nitrogen and oxygen atoms in total. The van der Waals surface area contributed by atoms with Crippen LogP contribution in [-0.2, 0) is 10.2 Å². The standard InChI is InChI=1S/C17H20BrIO/c1-3-4-5-6-7-11-17(2,16(20)13-18)14-9-8-10-15(19)12-14/h1,8-10,12H,4-7,11,13H2,2H3. The number of hydrogen-bond donors (Lipinski definition) is 0. The first-order chi connectivity index (χ1) is 9.54. The molecule has 1 aromatic rings. The van der Waals surface area contributed by atoms with Gasteiger partial charge in [0, 0.05) is 9.99 Å². The number of Topliss-reactive ketones (excluding diaryl/α,β-unsaturated/α-hetero) is 1. The zero-order valence-electron chi connectivity index (χ0n) is 11.8. The number of alkyl halides is 1. The molecule has 0 aliphatic heterocycles. The molecule has 0 radical (unpaired) electrons. The van der Waals surface area contributed by atoms with Crippen LogP contribution in [0.2, 0.25) is 0 Å². The minimum atomic E-state index is -0.402. The normalized spacial score (nSPS) is 13.5. The number of carbonyl (C=O) groups excluding carboxylic acids is 1. The van der Waals surface area contributed by atoms with Gasteiger partial charge in [0.05, 0.1) is 10.7 Å². The Morgan fingerprint density at radius 1 is 1.40 bits per heavy atom. The summed E-state index contributed by atoms with van der Waals surface area (Å²) in [5.74, 6) is 2.91. The molecule has 1 unspecified atom stereocenters. The van der Waals surface area contributed by atoms with Gasteiger partial charge >= 0.3 is 0 Å². The quantitative estimate of drug-likeness (QED) is 0.235. The summed E-state index contributed by atoms with van der Waals surface area (Å²) in [7, 11) is 0. The van der Waals surface area contributed by atoms with E-state index in [1.807, 2.05) is 6.07 Å². The van der Waals surface area contributed by atoms with Crippen LogP contribution < -0.4 is 0 Å². The Bertz CT molecular complexity index is 492. The summed E-state index contributed by atoms with van der Waals surface area (Å²) in [6.07, 6.45) is 10.1. The van der Waals surface area contributed by atoms with E-state index in [2.05, 4.69) is 69.6 Å². The van der Waals surface area contributed by atoms with Gasteiger partial charge in [-0.25, -0.2) is 0 Å². The lowest BCUT2D eigenvalue weighted by molar-refractivity contribution is -0.121. The van der Waals surface area contributed by atoms with Gasteiger partial charge in [-0.3, -0.25) is 4.79 Å². The van der Waals surface area contributed by atoms with Gasteiger partial charge in [-0.2, -0.15) is 0 Å². The molecule has 0 aliphatic carbocycles. The molecule has 0 heterocycles. The zero-order valence-corrected chi connectivity index (χ0v) is 15.5. The maximum atomic E-state index is 12.4. The molecule has 0 saturated heterocycles. The maximum Gasteiger partial charge on any atom is 0.153 e. The van der Waals surface area contributed by atoms with Crippen LogP contribution in [-0.4, -0.2) is 11.1 Å². The van der Waals surface area contributed by atoms with Gasteiger partial charge in [0.1, 0.15) is 0 Å². The number of carbonyl (C=O) groups is 1.